The first-order valence-corrected chi connectivity index (χ1v) is 9.36. The van der Waals surface area contributed by atoms with Crippen molar-refractivity contribution in [3.05, 3.63) is 93.2 Å². The number of hydrogen-bond acceptors (Lipinski definition) is 5. The summed E-state index contributed by atoms with van der Waals surface area (Å²) >= 11 is 0. The lowest BCUT2D eigenvalue weighted by molar-refractivity contribution is -0.385. The summed E-state index contributed by atoms with van der Waals surface area (Å²) in [4.78, 5) is 17.5. The number of nitrogens with zero attached hydrogens (tertiary/aromatic N) is 3. The molecular formula is C22H22N4O2. The van der Waals surface area contributed by atoms with E-state index in [1.807, 2.05) is 6.20 Å². The van der Waals surface area contributed by atoms with Gasteiger partial charge in [0, 0.05) is 43.1 Å². The predicted octanol–water partition coefficient (Wildman–Crippen LogP) is 4.47. The first kappa shape index (κ1) is 18.0. The number of nitro groups is 1. The number of aryl methyl sites for hydroxylation is 1. The third kappa shape index (κ3) is 3.81. The van der Waals surface area contributed by atoms with E-state index in [1.54, 1.807) is 19.1 Å². The standard InChI is InChI=1S/C22H22N4O2/c1-16-12-20(7-8-21(16)26(27)28)23-13-17-6-9-22(24-14-17)25-11-10-18-4-2-3-5-19(18)15-25/h2-9,12,14,23H,10-11,13,15H2,1H3. The zero-order valence-electron chi connectivity index (χ0n) is 15.8. The normalized spacial score (nSPS) is 13.1. The van der Waals surface area contributed by atoms with Gasteiger partial charge in [0.05, 0.1) is 4.92 Å². The molecule has 0 amide bonds. The van der Waals surface area contributed by atoms with Crippen LogP contribution in [-0.4, -0.2) is 16.5 Å². The predicted molar refractivity (Wildman–Crippen MR) is 111 cm³/mol. The van der Waals surface area contributed by atoms with Crippen molar-refractivity contribution in [2.45, 2.75) is 26.4 Å². The van der Waals surface area contributed by atoms with E-state index in [0.29, 0.717) is 12.1 Å². The van der Waals surface area contributed by atoms with Crippen LogP contribution in [0.4, 0.5) is 17.2 Å². The molecule has 1 aromatic heterocycles. The van der Waals surface area contributed by atoms with Gasteiger partial charge in [-0.25, -0.2) is 4.98 Å². The van der Waals surface area contributed by atoms with E-state index in [1.165, 1.54) is 17.2 Å². The molecular weight excluding hydrogens is 352 g/mol. The molecule has 6 heteroatoms. The van der Waals surface area contributed by atoms with Crippen molar-refractivity contribution in [3.63, 3.8) is 0 Å². The van der Waals surface area contributed by atoms with Gasteiger partial charge in [0.1, 0.15) is 5.82 Å². The van der Waals surface area contributed by atoms with Crippen LogP contribution < -0.4 is 10.2 Å². The van der Waals surface area contributed by atoms with Crippen molar-refractivity contribution >= 4 is 17.2 Å². The lowest BCUT2D eigenvalue weighted by Crippen LogP contribution is -2.30. The minimum atomic E-state index is -0.360. The maximum absolute atomic E-state index is 10.9. The Bertz CT molecular complexity index is 1000. The van der Waals surface area contributed by atoms with Gasteiger partial charge >= 0.3 is 0 Å². The molecule has 0 atom stereocenters. The largest absolute Gasteiger partial charge is 0.381 e. The Balaban J connectivity index is 1.39. The number of rotatable bonds is 5. The summed E-state index contributed by atoms with van der Waals surface area (Å²) < 4.78 is 0. The fraction of sp³-hybridized carbons (Fsp3) is 0.227. The topological polar surface area (TPSA) is 71.3 Å². The Morgan fingerprint density at radius 1 is 1.14 bits per heavy atom. The first-order chi connectivity index (χ1) is 13.6. The average Bonchev–Trinajstić information content (AvgIpc) is 2.72. The number of aromatic nitrogens is 1. The lowest BCUT2D eigenvalue weighted by atomic mass is 10.00. The first-order valence-electron chi connectivity index (χ1n) is 9.36. The second-order valence-electron chi connectivity index (χ2n) is 7.08. The zero-order valence-corrected chi connectivity index (χ0v) is 15.8. The van der Waals surface area contributed by atoms with Crippen molar-refractivity contribution in [3.8, 4) is 0 Å². The van der Waals surface area contributed by atoms with Gasteiger partial charge in [-0.1, -0.05) is 30.3 Å². The molecule has 142 valence electrons. The highest BCUT2D eigenvalue weighted by molar-refractivity contribution is 5.54. The second-order valence-corrected chi connectivity index (χ2v) is 7.08. The summed E-state index contributed by atoms with van der Waals surface area (Å²) in [6.45, 7) is 4.23. The van der Waals surface area contributed by atoms with Crippen LogP contribution in [0.2, 0.25) is 0 Å². The second kappa shape index (κ2) is 7.68. The fourth-order valence-electron chi connectivity index (χ4n) is 3.57. The van der Waals surface area contributed by atoms with Crippen molar-refractivity contribution in [2.24, 2.45) is 0 Å². The number of anilines is 2. The molecule has 0 radical (unpaired) electrons. The van der Waals surface area contributed by atoms with Gasteiger partial charge in [0.2, 0.25) is 0 Å². The van der Waals surface area contributed by atoms with E-state index in [-0.39, 0.29) is 10.6 Å². The Kier molecular flexibility index (Phi) is 4.93. The SMILES string of the molecule is Cc1cc(NCc2ccc(N3CCc4ccccc4C3)nc2)ccc1[N+](=O)[O-]. The van der Waals surface area contributed by atoms with Crippen LogP contribution in [0.3, 0.4) is 0 Å². The van der Waals surface area contributed by atoms with Gasteiger partial charge < -0.3 is 10.2 Å². The molecule has 0 aliphatic carbocycles. The number of fused-ring (bicyclic) bond motifs is 1. The van der Waals surface area contributed by atoms with Crippen molar-refractivity contribution in [2.75, 3.05) is 16.8 Å². The monoisotopic (exact) mass is 374 g/mol. The summed E-state index contributed by atoms with van der Waals surface area (Å²) in [6.07, 6.45) is 2.93. The molecule has 1 N–H and O–H groups in total. The third-order valence-electron chi connectivity index (χ3n) is 5.15. The van der Waals surface area contributed by atoms with Crippen LogP contribution in [0.15, 0.2) is 60.8 Å². The molecule has 2 aromatic carbocycles. The van der Waals surface area contributed by atoms with E-state index >= 15 is 0 Å². The zero-order chi connectivity index (χ0) is 19.5. The number of nitro benzene ring substituents is 1. The maximum atomic E-state index is 10.9. The number of benzene rings is 2. The molecule has 28 heavy (non-hydrogen) atoms. The minimum absolute atomic E-state index is 0.139. The molecule has 1 aliphatic heterocycles. The van der Waals surface area contributed by atoms with Gasteiger partial charge in [0.25, 0.3) is 5.69 Å². The molecule has 6 nitrogen and oxygen atoms in total. The van der Waals surface area contributed by atoms with E-state index in [2.05, 4.69) is 51.6 Å². The van der Waals surface area contributed by atoms with Gasteiger partial charge in [0.15, 0.2) is 0 Å². The Morgan fingerprint density at radius 2 is 1.96 bits per heavy atom. The average molecular weight is 374 g/mol. The molecule has 0 saturated heterocycles. The molecule has 0 spiro atoms. The fourth-order valence-corrected chi connectivity index (χ4v) is 3.57. The molecule has 1 aliphatic rings. The number of nitrogens with one attached hydrogen (secondary N) is 1. The van der Waals surface area contributed by atoms with Gasteiger partial charge in [-0.15, -0.1) is 0 Å². The van der Waals surface area contributed by atoms with Gasteiger partial charge in [-0.05, 0) is 48.2 Å². The van der Waals surface area contributed by atoms with Crippen LogP contribution in [-0.2, 0) is 19.5 Å². The summed E-state index contributed by atoms with van der Waals surface area (Å²) in [5.41, 5.74) is 5.51. The molecule has 0 saturated carbocycles. The van der Waals surface area contributed by atoms with Gasteiger partial charge in [-0.3, -0.25) is 10.1 Å². The van der Waals surface area contributed by atoms with Crippen molar-refractivity contribution < 1.29 is 4.92 Å². The minimum Gasteiger partial charge on any atom is -0.381 e. The summed E-state index contributed by atoms with van der Waals surface area (Å²) in [7, 11) is 0. The molecule has 0 bridgehead atoms. The van der Waals surface area contributed by atoms with E-state index in [4.69, 9.17) is 0 Å². The van der Waals surface area contributed by atoms with Gasteiger partial charge in [-0.2, -0.15) is 0 Å². The Hall–Kier alpha value is -3.41. The van der Waals surface area contributed by atoms with Crippen LogP contribution >= 0.6 is 0 Å². The smallest absolute Gasteiger partial charge is 0.272 e. The third-order valence-corrected chi connectivity index (χ3v) is 5.15. The molecule has 0 fully saturated rings. The van der Waals surface area contributed by atoms with Crippen LogP contribution in [0, 0.1) is 17.0 Å². The van der Waals surface area contributed by atoms with Crippen LogP contribution in [0.1, 0.15) is 22.3 Å². The molecule has 4 rings (SSSR count). The molecule has 2 heterocycles. The van der Waals surface area contributed by atoms with Crippen LogP contribution in [0.5, 0.6) is 0 Å². The van der Waals surface area contributed by atoms with E-state index < -0.39 is 0 Å². The maximum Gasteiger partial charge on any atom is 0.272 e. The van der Waals surface area contributed by atoms with Crippen molar-refractivity contribution in [1.82, 2.24) is 4.98 Å². The summed E-state index contributed by atoms with van der Waals surface area (Å²) in [5, 5.41) is 14.2. The molecule has 3 aromatic rings. The Morgan fingerprint density at radius 3 is 2.68 bits per heavy atom. The summed E-state index contributed by atoms with van der Waals surface area (Å²) in [5.74, 6) is 0.990. The molecule has 0 unspecified atom stereocenters. The highest BCUT2D eigenvalue weighted by Crippen LogP contribution is 2.24. The Labute approximate surface area is 164 Å². The quantitative estimate of drug-likeness (QED) is 0.527. The van der Waals surface area contributed by atoms with Crippen molar-refractivity contribution in [1.29, 1.82) is 0 Å². The van der Waals surface area contributed by atoms with Crippen LogP contribution in [0.25, 0.3) is 0 Å². The lowest BCUT2D eigenvalue weighted by Gasteiger charge is -2.29. The summed E-state index contributed by atoms with van der Waals surface area (Å²) in [6, 6.07) is 17.8. The van der Waals surface area contributed by atoms with E-state index in [0.717, 1.165) is 36.6 Å². The number of pyridine rings is 1. The number of hydrogen-bond donors (Lipinski definition) is 1. The highest BCUT2D eigenvalue weighted by Gasteiger charge is 2.16. The van der Waals surface area contributed by atoms with E-state index in [9.17, 15) is 10.1 Å². The highest BCUT2D eigenvalue weighted by atomic mass is 16.6.